The minimum Gasteiger partial charge on any atom is -0.355 e. The fourth-order valence-corrected chi connectivity index (χ4v) is 1.33. The lowest BCUT2D eigenvalue weighted by Crippen LogP contribution is -2.21. The Morgan fingerprint density at radius 1 is 1.27 bits per heavy atom. The van der Waals surface area contributed by atoms with Crippen molar-refractivity contribution in [2.45, 2.75) is 13.8 Å². The van der Waals surface area contributed by atoms with E-state index in [1.165, 1.54) is 6.92 Å². The summed E-state index contributed by atoms with van der Waals surface area (Å²) in [6, 6.07) is 5.31. The quantitative estimate of drug-likeness (QED) is 0.766. The molecule has 1 aromatic rings. The average molecular weight is 206 g/mol. The van der Waals surface area contributed by atoms with Gasteiger partial charge in [0, 0.05) is 14.0 Å². The van der Waals surface area contributed by atoms with Crippen LogP contribution in [0.25, 0.3) is 0 Å². The summed E-state index contributed by atoms with van der Waals surface area (Å²) in [4.78, 5) is 22.5. The molecule has 0 saturated heterocycles. The second kappa shape index (κ2) is 4.59. The van der Waals surface area contributed by atoms with Gasteiger partial charge in [-0.25, -0.2) is 0 Å². The monoisotopic (exact) mass is 206 g/mol. The highest BCUT2D eigenvalue weighted by Crippen LogP contribution is 2.20. The van der Waals surface area contributed by atoms with Crippen LogP contribution in [0.2, 0.25) is 0 Å². The van der Waals surface area contributed by atoms with E-state index in [2.05, 4.69) is 10.6 Å². The standard InChI is InChI=1S/C11H14N2O2/c1-7-5-4-6-9(11(15)12-3)10(7)13-8(2)14/h4-6H,1-3H3,(H,12,15)(H,13,14). The molecule has 80 valence electrons. The van der Waals surface area contributed by atoms with Crippen LogP contribution in [-0.2, 0) is 4.79 Å². The largest absolute Gasteiger partial charge is 0.355 e. The van der Waals surface area contributed by atoms with E-state index < -0.39 is 0 Å². The van der Waals surface area contributed by atoms with Gasteiger partial charge in [-0.1, -0.05) is 12.1 Å². The van der Waals surface area contributed by atoms with Gasteiger partial charge in [0.1, 0.15) is 0 Å². The van der Waals surface area contributed by atoms with Crippen LogP contribution < -0.4 is 10.6 Å². The molecule has 2 N–H and O–H groups in total. The third-order valence-corrected chi connectivity index (χ3v) is 2.05. The zero-order valence-electron chi connectivity index (χ0n) is 9.05. The van der Waals surface area contributed by atoms with Crippen molar-refractivity contribution >= 4 is 17.5 Å². The Bertz CT molecular complexity index is 400. The van der Waals surface area contributed by atoms with Crippen LogP contribution in [0.1, 0.15) is 22.8 Å². The molecule has 0 spiro atoms. The van der Waals surface area contributed by atoms with Crippen molar-refractivity contribution in [2.24, 2.45) is 0 Å². The topological polar surface area (TPSA) is 58.2 Å². The Kier molecular flexibility index (Phi) is 3.44. The summed E-state index contributed by atoms with van der Waals surface area (Å²) < 4.78 is 0. The molecule has 0 bridgehead atoms. The van der Waals surface area contributed by atoms with Crippen molar-refractivity contribution in [3.63, 3.8) is 0 Å². The lowest BCUT2D eigenvalue weighted by atomic mass is 10.1. The normalized spacial score (nSPS) is 9.53. The van der Waals surface area contributed by atoms with Crippen molar-refractivity contribution in [3.8, 4) is 0 Å². The number of hydrogen-bond donors (Lipinski definition) is 2. The summed E-state index contributed by atoms with van der Waals surface area (Å²) in [5.41, 5.74) is 1.92. The van der Waals surface area contributed by atoms with Gasteiger partial charge in [-0.05, 0) is 18.6 Å². The molecule has 0 atom stereocenters. The predicted octanol–water partition coefficient (Wildman–Crippen LogP) is 1.31. The predicted molar refractivity (Wildman–Crippen MR) is 58.9 cm³/mol. The molecule has 1 rings (SSSR count). The van der Waals surface area contributed by atoms with Crippen molar-refractivity contribution in [1.82, 2.24) is 5.32 Å². The Morgan fingerprint density at radius 3 is 2.47 bits per heavy atom. The molecule has 0 heterocycles. The second-order valence-corrected chi connectivity index (χ2v) is 3.26. The summed E-state index contributed by atoms with van der Waals surface area (Å²) in [7, 11) is 1.56. The summed E-state index contributed by atoms with van der Waals surface area (Å²) in [6.45, 7) is 3.26. The van der Waals surface area contributed by atoms with Crippen LogP contribution in [0, 0.1) is 6.92 Å². The Hall–Kier alpha value is -1.84. The zero-order chi connectivity index (χ0) is 11.4. The van der Waals surface area contributed by atoms with Gasteiger partial charge in [-0.2, -0.15) is 0 Å². The van der Waals surface area contributed by atoms with E-state index in [0.29, 0.717) is 11.3 Å². The molecule has 15 heavy (non-hydrogen) atoms. The fourth-order valence-electron chi connectivity index (χ4n) is 1.33. The molecule has 0 aliphatic rings. The number of benzene rings is 1. The van der Waals surface area contributed by atoms with Gasteiger partial charge in [0.15, 0.2) is 0 Å². The smallest absolute Gasteiger partial charge is 0.253 e. The van der Waals surface area contributed by atoms with Crippen LogP contribution >= 0.6 is 0 Å². The molecule has 4 nitrogen and oxygen atoms in total. The van der Waals surface area contributed by atoms with Gasteiger partial charge in [0.25, 0.3) is 5.91 Å². The number of para-hydroxylation sites is 1. The molecular formula is C11H14N2O2. The van der Waals surface area contributed by atoms with E-state index in [1.807, 2.05) is 13.0 Å². The zero-order valence-corrected chi connectivity index (χ0v) is 9.05. The SMILES string of the molecule is CNC(=O)c1cccc(C)c1NC(C)=O. The van der Waals surface area contributed by atoms with Crippen LogP contribution in [0.5, 0.6) is 0 Å². The molecule has 0 radical (unpaired) electrons. The Balaban J connectivity index is 3.19. The van der Waals surface area contributed by atoms with E-state index >= 15 is 0 Å². The Morgan fingerprint density at radius 2 is 1.93 bits per heavy atom. The first-order chi connectivity index (χ1) is 7.06. The summed E-state index contributed by atoms with van der Waals surface area (Å²) in [5.74, 6) is -0.392. The van der Waals surface area contributed by atoms with Crippen LogP contribution in [-0.4, -0.2) is 18.9 Å². The maximum Gasteiger partial charge on any atom is 0.253 e. The van der Waals surface area contributed by atoms with Crippen LogP contribution in [0.3, 0.4) is 0 Å². The molecule has 0 fully saturated rings. The van der Waals surface area contributed by atoms with Gasteiger partial charge < -0.3 is 10.6 Å². The first-order valence-electron chi connectivity index (χ1n) is 4.65. The second-order valence-electron chi connectivity index (χ2n) is 3.26. The van der Waals surface area contributed by atoms with Gasteiger partial charge in [0.2, 0.25) is 5.91 Å². The minimum absolute atomic E-state index is 0.186. The number of carbonyl (C=O) groups is 2. The van der Waals surface area contributed by atoms with E-state index in [9.17, 15) is 9.59 Å². The van der Waals surface area contributed by atoms with E-state index in [-0.39, 0.29) is 11.8 Å². The molecule has 0 aliphatic carbocycles. The minimum atomic E-state index is -0.206. The molecule has 0 aromatic heterocycles. The molecule has 4 heteroatoms. The number of amides is 2. The Labute approximate surface area is 88.7 Å². The highest BCUT2D eigenvalue weighted by atomic mass is 16.2. The molecular weight excluding hydrogens is 192 g/mol. The summed E-state index contributed by atoms with van der Waals surface area (Å²) in [5, 5.41) is 5.19. The first-order valence-corrected chi connectivity index (χ1v) is 4.65. The summed E-state index contributed by atoms with van der Waals surface area (Å²) in [6.07, 6.45) is 0. The molecule has 0 aliphatic heterocycles. The van der Waals surface area contributed by atoms with Crippen LogP contribution in [0.4, 0.5) is 5.69 Å². The van der Waals surface area contributed by atoms with Gasteiger partial charge in [-0.3, -0.25) is 9.59 Å². The van der Waals surface area contributed by atoms with Crippen molar-refractivity contribution in [1.29, 1.82) is 0 Å². The van der Waals surface area contributed by atoms with Crippen molar-refractivity contribution in [2.75, 3.05) is 12.4 Å². The highest BCUT2D eigenvalue weighted by molar-refractivity contribution is 6.04. The molecule has 0 unspecified atom stereocenters. The number of hydrogen-bond acceptors (Lipinski definition) is 2. The lowest BCUT2D eigenvalue weighted by Gasteiger charge is -2.11. The average Bonchev–Trinajstić information content (AvgIpc) is 2.19. The fraction of sp³-hybridized carbons (Fsp3) is 0.273. The first kappa shape index (κ1) is 11.2. The lowest BCUT2D eigenvalue weighted by molar-refractivity contribution is -0.114. The van der Waals surface area contributed by atoms with Crippen LogP contribution in [0.15, 0.2) is 18.2 Å². The van der Waals surface area contributed by atoms with Gasteiger partial charge >= 0.3 is 0 Å². The van der Waals surface area contributed by atoms with Crippen molar-refractivity contribution in [3.05, 3.63) is 29.3 Å². The number of aryl methyl sites for hydroxylation is 1. The molecule has 0 saturated carbocycles. The molecule has 2 amide bonds. The van der Waals surface area contributed by atoms with Crippen molar-refractivity contribution < 1.29 is 9.59 Å². The molecule has 1 aromatic carbocycles. The van der Waals surface area contributed by atoms with Gasteiger partial charge in [-0.15, -0.1) is 0 Å². The van der Waals surface area contributed by atoms with E-state index in [1.54, 1.807) is 19.2 Å². The maximum absolute atomic E-state index is 11.5. The third kappa shape index (κ3) is 2.56. The van der Waals surface area contributed by atoms with Gasteiger partial charge in [0.05, 0.1) is 11.3 Å². The van der Waals surface area contributed by atoms with E-state index in [4.69, 9.17) is 0 Å². The summed E-state index contributed by atoms with van der Waals surface area (Å²) >= 11 is 0. The maximum atomic E-state index is 11.5. The third-order valence-electron chi connectivity index (χ3n) is 2.05. The number of rotatable bonds is 2. The van der Waals surface area contributed by atoms with E-state index in [0.717, 1.165) is 5.56 Å². The number of anilines is 1. The highest BCUT2D eigenvalue weighted by Gasteiger charge is 2.12. The number of nitrogens with one attached hydrogen (secondary N) is 2. The number of carbonyl (C=O) groups excluding carboxylic acids is 2.